The van der Waals surface area contributed by atoms with Crippen molar-refractivity contribution in [3.8, 4) is 0 Å². The lowest BCUT2D eigenvalue weighted by Crippen LogP contribution is -2.32. The first-order valence-corrected chi connectivity index (χ1v) is 5.18. The van der Waals surface area contributed by atoms with E-state index in [1.165, 1.54) is 17.0 Å². The lowest BCUT2D eigenvalue weighted by atomic mass is 10.1. The molecule has 0 unspecified atom stereocenters. The molecule has 1 amide bonds. The third-order valence-electron chi connectivity index (χ3n) is 2.54. The summed E-state index contributed by atoms with van der Waals surface area (Å²) >= 11 is 0. The van der Waals surface area contributed by atoms with Crippen molar-refractivity contribution < 1.29 is 9.72 Å². The maximum absolute atomic E-state index is 12.0. The molecule has 0 aliphatic rings. The summed E-state index contributed by atoms with van der Waals surface area (Å²) in [5.41, 5.74) is 6.04. The highest BCUT2D eigenvalue weighted by Gasteiger charge is 2.19. The van der Waals surface area contributed by atoms with Crippen molar-refractivity contribution in [3.05, 3.63) is 39.4 Å². The Morgan fingerprint density at radius 1 is 1.53 bits per heavy atom. The van der Waals surface area contributed by atoms with Crippen LogP contribution < -0.4 is 5.73 Å². The number of carbonyl (C=O) groups excluding carboxylic acids is 1. The van der Waals surface area contributed by atoms with Gasteiger partial charge in [-0.05, 0) is 13.0 Å². The average Bonchev–Trinajstić information content (AvgIpc) is 2.28. The number of hydrogen-bond acceptors (Lipinski definition) is 4. The first kappa shape index (κ1) is 13.1. The fourth-order valence-corrected chi connectivity index (χ4v) is 1.55. The van der Waals surface area contributed by atoms with Crippen molar-refractivity contribution >= 4 is 11.6 Å². The molecule has 6 nitrogen and oxygen atoms in total. The Bertz CT molecular complexity index is 446. The predicted molar refractivity (Wildman–Crippen MR) is 63.8 cm³/mol. The largest absolute Gasteiger partial charge is 0.340 e. The summed E-state index contributed by atoms with van der Waals surface area (Å²) in [4.78, 5) is 23.7. The molecule has 0 aliphatic heterocycles. The number of rotatable bonds is 4. The topological polar surface area (TPSA) is 89.5 Å². The monoisotopic (exact) mass is 237 g/mol. The van der Waals surface area contributed by atoms with Gasteiger partial charge in [0, 0.05) is 37.3 Å². The van der Waals surface area contributed by atoms with Crippen molar-refractivity contribution in [1.29, 1.82) is 0 Å². The van der Waals surface area contributed by atoms with Gasteiger partial charge in [-0.25, -0.2) is 0 Å². The second-order valence-electron chi connectivity index (χ2n) is 3.72. The highest BCUT2D eigenvalue weighted by Crippen LogP contribution is 2.21. The van der Waals surface area contributed by atoms with Crippen LogP contribution >= 0.6 is 0 Å². The normalized spacial score (nSPS) is 10.1. The van der Waals surface area contributed by atoms with Gasteiger partial charge in [-0.1, -0.05) is 6.07 Å². The van der Waals surface area contributed by atoms with Gasteiger partial charge in [0.05, 0.1) is 4.92 Å². The maximum Gasteiger partial charge on any atom is 0.273 e. The molecule has 0 bridgehead atoms. The van der Waals surface area contributed by atoms with E-state index >= 15 is 0 Å². The molecule has 0 spiro atoms. The smallest absolute Gasteiger partial charge is 0.273 e. The molecule has 2 N–H and O–H groups in total. The Morgan fingerprint density at radius 2 is 2.18 bits per heavy atom. The summed E-state index contributed by atoms with van der Waals surface area (Å²) in [5, 5.41) is 10.8. The number of likely N-dealkylation sites (N-methyl/N-ethyl adjacent to an activating group) is 1. The van der Waals surface area contributed by atoms with E-state index in [2.05, 4.69) is 0 Å². The third kappa shape index (κ3) is 2.79. The van der Waals surface area contributed by atoms with Crippen LogP contribution in [0.5, 0.6) is 0 Å². The Balaban J connectivity index is 3.10. The minimum absolute atomic E-state index is 0.0444. The molecule has 92 valence electrons. The molecule has 0 atom stereocenters. The van der Waals surface area contributed by atoms with Gasteiger partial charge in [0.25, 0.3) is 11.6 Å². The first-order chi connectivity index (χ1) is 7.99. The van der Waals surface area contributed by atoms with Crippen LogP contribution in [0.3, 0.4) is 0 Å². The molecule has 0 aromatic heterocycles. The third-order valence-corrected chi connectivity index (χ3v) is 2.54. The molecule has 6 heteroatoms. The molecule has 0 radical (unpaired) electrons. The summed E-state index contributed by atoms with van der Waals surface area (Å²) in [5.74, 6) is -0.253. The lowest BCUT2D eigenvalue weighted by molar-refractivity contribution is -0.385. The van der Waals surface area contributed by atoms with Gasteiger partial charge in [0.2, 0.25) is 0 Å². The van der Waals surface area contributed by atoms with Crippen molar-refractivity contribution in [3.63, 3.8) is 0 Å². The second-order valence-corrected chi connectivity index (χ2v) is 3.72. The summed E-state index contributed by atoms with van der Waals surface area (Å²) in [6.07, 6.45) is 0. The molecule has 0 saturated heterocycles. The highest BCUT2D eigenvalue weighted by atomic mass is 16.6. The van der Waals surface area contributed by atoms with Crippen LogP contribution in [0.25, 0.3) is 0 Å². The summed E-state index contributed by atoms with van der Waals surface area (Å²) in [7, 11) is 1.62. The van der Waals surface area contributed by atoms with Gasteiger partial charge in [-0.2, -0.15) is 0 Å². The quantitative estimate of drug-likeness (QED) is 0.623. The molecular weight excluding hydrogens is 222 g/mol. The molecule has 1 aromatic carbocycles. The Hall–Kier alpha value is -1.95. The van der Waals surface area contributed by atoms with E-state index in [4.69, 9.17) is 5.73 Å². The van der Waals surface area contributed by atoms with E-state index in [9.17, 15) is 14.9 Å². The highest BCUT2D eigenvalue weighted by molar-refractivity contribution is 5.96. The van der Waals surface area contributed by atoms with E-state index in [1.807, 2.05) is 0 Å². The van der Waals surface area contributed by atoms with E-state index in [0.29, 0.717) is 24.2 Å². The molecule has 1 rings (SSSR count). The number of benzene rings is 1. The molecule has 0 fully saturated rings. The minimum atomic E-state index is -0.491. The number of nitro benzene ring substituents is 1. The number of amides is 1. The Morgan fingerprint density at radius 3 is 2.71 bits per heavy atom. The van der Waals surface area contributed by atoms with E-state index in [-0.39, 0.29) is 11.6 Å². The zero-order valence-corrected chi connectivity index (χ0v) is 9.84. The summed E-state index contributed by atoms with van der Waals surface area (Å²) in [6, 6.07) is 4.47. The number of carbonyl (C=O) groups is 1. The van der Waals surface area contributed by atoms with E-state index in [1.54, 1.807) is 20.0 Å². The maximum atomic E-state index is 12.0. The Labute approximate surface area is 99.2 Å². The number of nitro groups is 1. The lowest BCUT2D eigenvalue weighted by Gasteiger charge is -2.17. The SMILES string of the molecule is Cc1c(C(=O)N(C)CCN)cccc1[N+](=O)[O-]. The summed E-state index contributed by atoms with van der Waals surface area (Å²) < 4.78 is 0. The number of hydrogen-bond donors (Lipinski definition) is 1. The molecule has 1 aromatic rings. The summed E-state index contributed by atoms with van der Waals surface area (Å²) in [6.45, 7) is 2.35. The van der Waals surface area contributed by atoms with Gasteiger partial charge < -0.3 is 10.6 Å². The molecule has 0 aliphatic carbocycles. The van der Waals surface area contributed by atoms with Crippen LogP contribution in [-0.2, 0) is 0 Å². The fraction of sp³-hybridized carbons (Fsp3) is 0.364. The number of nitrogens with zero attached hydrogens (tertiary/aromatic N) is 2. The van der Waals surface area contributed by atoms with E-state index in [0.717, 1.165) is 0 Å². The van der Waals surface area contributed by atoms with Crippen LogP contribution in [0.4, 0.5) is 5.69 Å². The van der Waals surface area contributed by atoms with E-state index < -0.39 is 4.92 Å². The average molecular weight is 237 g/mol. The van der Waals surface area contributed by atoms with Crippen molar-refractivity contribution in [2.24, 2.45) is 5.73 Å². The molecular formula is C11H15N3O3. The molecule has 0 heterocycles. The standard InChI is InChI=1S/C11H15N3O3/c1-8-9(11(15)13(2)7-6-12)4-3-5-10(8)14(16)17/h3-5H,6-7,12H2,1-2H3. The van der Waals surface area contributed by atoms with Crippen molar-refractivity contribution in [2.45, 2.75) is 6.92 Å². The minimum Gasteiger partial charge on any atom is -0.340 e. The van der Waals surface area contributed by atoms with Gasteiger partial charge in [-0.3, -0.25) is 14.9 Å². The predicted octanol–water partition coefficient (Wildman–Crippen LogP) is 0.934. The van der Waals surface area contributed by atoms with Crippen LogP contribution in [0.1, 0.15) is 15.9 Å². The zero-order valence-electron chi connectivity index (χ0n) is 9.84. The van der Waals surface area contributed by atoms with Crippen LogP contribution in [0, 0.1) is 17.0 Å². The van der Waals surface area contributed by atoms with Crippen LogP contribution in [0.15, 0.2) is 18.2 Å². The van der Waals surface area contributed by atoms with Crippen molar-refractivity contribution in [2.75, 3.05) is 20.1 Å². The van der Waals surface area contributed by atoms with Crippen molar-refractivity contribution in [1.82, 2.24) is 4.90 Å². The van der Waals surface area contributed by atoms with Crippen LogP contribution in [-0.4, -0.2) is 35.9 Å². The molecule has 0 saturated carbocycles. The van der Waals surface area contributed by atoms with Gasteiger partial charge in [-0.15, -0.1) is 0 Å². The van der Waals surface area contributed by atoms with Gasteiger partial charge in [0.15, 0.2) is 0 Å². The number of nitrogens with two attached hydrogens (primary N) is 1. The van der Waals surface area contributed by atoms with Crippen LogP contribution in [0.2, 0.25) is 0 Å². The second kappa shape index (κ2) is 5.40. The van der Waals surface area contributed by atoms with Gasteiger partial charge in [0.1, 0.15) is 0 Å². The fourth-order valence-electron chi connectivity index (χ4n) is 1.55. The Kier molecular flexibility index (Phi) is 4.17. The zero-order chi connectivity index (χ0) is 13.0. The molecule has 17 heavy (non-hydrogen) atoms. The van der Waals surface area contributed by atoms with Gasteiger partial charge >= 0.3 is 0 Å². The first-order valence-electron chi connectivity index (χ1n) is 5.18.